The summed E-state index contributed by atoms with van der Waals surface area (Å²) in [5.41, 5.74) is 1.72. The van der Waals surface area contributed by atoms with Crippen LogP contribution in [0.5, 0.6) is 0 Å². The first kappa shape index (κ1) is 21.9. The number of carbonyl (C=O) groups excluding carboxylic acids is 2. The number of rotatable bonds is 10. The lowest BCUT2D eigenvalue weighted by Gasteiger charge is -2.34. The molecule has 1 fully saturated rings. The van der Waals surface area contributed by atoms with E-state index in [0.29, 0.717) is 13.2 Å². The molecule has 0 atom stereocenters. The average molecular weight is 412 g/mol. The SMILES string of the molecule is O=C(Cc1cccnc1)OCCN1CCN(CCOC(=O)Cc2cccnc2)CC1. The Hall–Kier alpha value is -2.84. The van der Waals surface area contributed by atoms with Crippen LogP contribution in [-0.2, 0) is 31.9 Å². The van der Waals surface area contributed by atoms with E-state index in [1.807, 2.05) is 24.3 Å². The van der Waals surface area contributed by atoms with Gasteiger partial charge in [0.05, 0.1) is 12.8 Å². The number of esters is 2. The molecule has 2 aromatic rings. The molecule has 0 radical (unpaired) electrons. The predicted molar refractivity (Wildman–Crippen MR) is 111 cm³/mol. The van der Waals surface area contributed by atoms with Gasteiger partial charge in [0.1, 0.15) is 13.2 Å². The van der Waals surface area contributed by atoms with Crippen molar-refractivity contribution in [2.45, 2.75) is 12.8 Å². The topological polar surface area (TPSA) is 84.9 Å². The number of carbonyl (C=O) groups is 2. The fraction of sp³-hybridized carbons (Fsp3) is 0.455. The number of pyridine rings is 2. The normalized spacial score (nSPS) is 14.9. The molecule has 1 aliphatic heterocycles. The molecule has 3 rings (SSSR count). The predicted octanol–water partition coefficient (Wildman–Crippen LogP) is 0.966. The minimum atomic E-state index is -0.227. The number of aromatic nitrogens is 2. The fourth-order valence-electron chi connectivity index (χ4n) is 3.25. The molecule has 1 aliphatic rings. The number of piperazine rings is 1. The molecule has 2 aromatic heterocycles. The third-order valence-electron chi connectivity index (χ3n) is 4.95. The van der Waals surface area contributed by atoms with Gasteiger partial charge in [-0.05, 0) is 23.3 Å². The maximum atomic E-state index is 11.9. The average Bonchev–Trinajstić information content (AvgIpc) is 2.76. The summed E-state index contributed by atoms with van der Waals surface area (Å²) in [6, 6.07) is 7.35. The molecule has 0 saturated carbocycles. The smallest absolute Gasteiger partial charge is 0.310 e. The van der Waals surface area contributed by atoms with E-state index in [0.717, 1.165) is 50.4 Å². The van der Waals surface area contributed by atoms with E-state index in [-0.39, 0.29) is 24.8 Å². The molecule has 0 spiro atoms. The van der Waals surface area contributed by atoms with Gasteiger partial charge in [-0.2, -0.15) is 0 Å². The van der Waals surface area contributed by atoms with E-state index in [2.05, 4.69) is 19.8 Å². The zero-order valence-electron chi connectivity index (χ0n) is 17.1. The Morgan fingerprint density at radius 2 is 1.20 bits per heavy atom. The van der Waals surface area contributed by atoms with Crippen LogP contribution in [0.25, 0.3) is 0 Å². The molecule has 160 valence electrons. The van der Waals surface area contributed by atoms with Crippen LogP contribution in [0.2, 0.25) is 0 Å². The summed E-state index contributed by atoms with van der Waals surface area (Å²) in [7, 11) is 0. The van der Waals surface area contributed by atoms with Crippen molar-refractivity contribution in [3.05, 3.63) is 60.2 Å². The summed E-state index contributed by atoms with van der Waals surface area (Å²) < 4.78 is 10.7. The van der Waals surface area contributed by atoms with Crippen LogP contribution in [0.1, 0.15) is 11.1 Å². The van der Waals surface area contributed by atoms with Crippen LogP contribution in [0.3, 0.4) is 0 Å². The van der Waals surface area contributed by atoms with Crippen molar-refractivity contribution >= 4 is 11.9 Å². The lowest BCUT2D eigenvalue weighted by atomic mass is 10.2. The highest BCUT2D eigenvalue weighted by Gasteiger charge is 2.17. The first-order valence-electron chi connectivity index (χ1n) is 10.2. The van der Waals surface area contributed by atoms with Crippen molar-refractivity contribution < 1.29 is 19.1 Å². The van der Waals surface area contributed by atoms with E-state index in [9.17, 15) is 9.59 Å². The van der Waals surface area contributed by atoms with E-state index >= 15 is 0 Å². The minimum Gasteiger partial charge on any atom is -0.464 e. The molecule has 0 unspecified atom stereocenters. The van der Waals surface area contributed by atoms with Gasteiger partial charge < -0.3 is 9.47 Å². The summed E-state index contributed by atoms with van der Waals surface area (Å²) in [5, 5.41) is 0. The van der Waals surface area contributed by atoms with Crippen LogP contribution >= 0.6 is 0 Å². The second kappa shape index (κ2) is 12.0. The molecule has 0 amide bonds. The first-order chi connectivity index (χ1) is 14.7. The maximum absolute atomic E-state index is 11.9. The Balaban J connectivity index is 1.22. The van der Waals surface area contributed by atoms with Crippen molar-refractivity contribution in [3.63, 3.8) is 0 Å². The molecule has 30 heavy (non-hydrogen) atoms. The molecule has 0 bridgehead atoms. The van der Waals surface area contributed by atoms with Crippen LogP contribution in [0.15, 0.2) is 49.1 Å². The zero-order chi connectivity index (χ0) is 21.0. The Morgan fingerprint density at radius 3 is 1.57 bits per heavy atom. The lowest BCUT2D eigenvalue weighted by Crippen LogP contribution is -2.48. The van der Waals surface area contributed by atoms with Crippen molar-refractivity contribution in [2.24, 2.45) is 0 Å². The monoisotopic (exact) mass is 412 g/mol. The second-order valence-corrected chi connectivity index (χ2v) is 7.20. The van der Waals surface area contributed by atoms with Crippen LogP contribution in [0, 0.1) is 0 Å². The Kier molecular flexibility index (Phi) is 8.74. The highest BCUT2D eigenvalue weighted by atomic mass is 16.5. The van der Waals surface area contributed by atoms with Gasteiger partial charge >= 0.3 is 11.9 Å². The van der Waals surface area contributed by atoms with Crippen LogP contribution in [-0.4, -0.2) is 84.2 Å². The van der Waals surface area contributed by atoms with Gasteiger partial charge in [-0.1, -0.05) is 12.1 Å². The number of nitrogens with zero attached hydrogens (tertiary/aromatic N) is 4. The number of ether oxygens (including phenoxy) is 2. The quantitative estimate of drug-likeness (QED) is 0.534. The summed E-state index contributed by atoms with van der Waals surface area (Å²) in [6.07, 6.45) is 7.22. The largest absolute Gasteiger partial charge is 0.464 e. The summed E-state index contributed by atoms with van der Waals surface area (Å²) >= 11 is 0. The van der Waals surface area contributed by atoms with Crippen molar-refractivity contribution in [1.82, 2.24) is 19.8 Å². The van der Waals surface area contributed by atoms with Crippen molar-refractivity contribution in [2.75, 3.05) is 52.5 Å². The molecule has 1 saturated heterocycles. The third-order valence-corrected chi connectivity index (χ3v) is 4.95. The Bertz CT molecular complexity index is 713. The Morgan fingerprint density at radius 1 is 0.767 bits per heavy atom. The molecular weight excluding hydrogens is 384 g/mol. The summed E-state index contributed by atoms with van der Waals surface area (Å²) in [6.45, 7) is 5.87. The Labute approximate surface area is 176 Å². The van der Waals surface area contributed by atoms with Crippen molar-refractivity contribution in [1.29, 1.82) is 0 Å². The lowest BCUT2D eigenvalue weighted by molar-refractivity contribution is -0.144. The van der Waals surface area contributed by atoms with Gasteiger partial charge in [0.15, 0.2) is 0 Å². The van der Waals surface area contributed by atoms with Gasteiger partial charge in [-0.3, -0.25) is 29.4 Å². The van der Waals surface area contributed by atoms with Gasteiger partial charge in [-0.15, -0.1) is 0 Å². The highest BCUT2D eigenvalue weighted by Crippen LogP contribution is 2.04. The molecule has 0 N–H and O–H groups in total. The van der Waals surface area contributed by atoms with E-state index in [4.69, 9.17) is 9.47 Å². The summed E-state index contributed by atoms with van der Waals surface area (Å²) in [5.74, 6) is -0.454. The fourth-order valence-corrected chi connectivity index (χ4v) is 3.25. The maximum Gasteiger partial charge on any atom is 0.310 e. The van der Waals surface area contributed by atoms with Crippen molar-refractivity contribution in [3.8, 4) is 0 Å². The first-order valence-corrected chi connectivity index (χ1v) is 10.2. The molecular formula is C22H28N4O4. The van der Waals surface area contributed by atoms with Gasteiger partial charge in [0.25, 0.3) is 0 Å². The number of hydrogen-bond donors (Lipinski definition) is 0. The molecule has 3 heterocycles. The summed E-state index contributed by atoms with van der Waals surface area (Å²) in [4.78, 5) is 36.3. The standard InChI is InChI=1S/C22H28N4O4/c27-21(15-19-3-1-5-23-17-19)29-13-11-25-7-9-26(10-8-25)12-14-30-22(28)16-20-4-2-6-24-18-20/h1-6,17-18H,7-16H2. The van der Waals surface area contributed by atoms with Gasteiger partial charge in [0, 0.05) is 64.1 Å². The van der Waals surface area contributed by atoms with E-state index in [1.165, 1.54) is 0 Å². The minimum absolute atomic E-state index is 0.227. The van der Waals surface area contributed by atoms with Gasteiger partial charge in [-0.25, -0.2) is 0 Å². The van der Waals surface area contributed by atoms with E-state index < -0.39 is 0 Å². The third kappa shape index (κ3) is 7.88. The second-order valence-electron chi connectivity index (χ2n) is 7.20. The molecule has 8 nitrogen and oxygen atoms in total. The van der Waals surface area contributed by atoms with E-state index in [1.54, 1.807) is 24.8 Å². The van der Waals surface area contributed by atoms with Crippen LogP contribution in [0.4, 0.5) is 0 Å². The molecule has 8 heteroatoms. The highest BCUT2D eigenvalue weighted by molar-refractivity contribution is 5.72. The molecule has 0 aliphatic carbocycles. The zero-order valence-corrected chi connectivity index (χ0v) is 17.1. The van der Waals surface area contributed by atoms with Gasteiger partial charge in [0.2, 0.25) is 0 Å². The van der Waals surface area contributed by atoms with Crippen LogP contribution < -0.4 is 0 Å². The number of hydrogen-bond acceptors (Lipinski definition) is 8. The molecule has 0 aromatic carbocycles.